The van der Waals surface area contributed by atoms with E-state index in [2.05, 4.69) is 16.0 Å². The number of halogens is 1. The second-order valence-electron chi connectivity index (χ2n) is 4.94. The Hall–Kier alpha value is -2.67. The molecular weight excluding hydrogens is 339 g/mol. The number of nitriles is 1. The maximum atomic E-state index is 13.4. The topological polar surface area (TPSA) is 128 Å². The fourth-order valence-corrected chi connectivity index (χ4v) is 2.60. The molecule has 0 radical (unpaired) electrons. The summed E-state index contributed by atoms with van der Waals surface area (Å²) < 4.78 is 36.2. The molecule has 3 amide bonds. The zero-order valence-electron chi connectivity index (χ0n) is 12.9. The number of carbonyl (C=O) groups is 2. The van der Waals surface area contributed by atoms with Crippen LogP contribution in [0.1, 0.15) is 5.56 Å². The lowest BCUT2D eigenvalue weighted by molar-refractivity contribution is -0.122. The van der Waals surface area contributed by atoms with Crippen LogP contribution >= 0.6 is 0 Å². The van der Waals surface area contributed by atoms with Gasteiger partial charge in [-0.2, -0.15) is 5.26 Å². The Balaban J connectivity index is 2.68. The van der Waals surface area contributed by atoms with Crippen LogP contribution in [0.5, 0.6) is 0 Å². The van der Waals surface area contributed by atoms with Gasteiger partial charge in [0.05, 0.1) is 11.8 Å². The number of nitrogens with one attached hydrogen (secondary N) is 3. The van der Waals surface area contributed by atoms with Gasteiger partial charge in [-0.3, -0.25) is 4.79 Å². The average Bonchev–Trinajstić information content (AvgIpc) is 2.50. The van der Waals surface area contributed by atoms with E-state index in [1.807, 2.05) is 0 Å². The molecule has 1 rings (SSSR count). The maximum absolute atomic E-state index is 13.4. The van der Waals surface area contributed by atoms with Crippen molar-refractivity contribution in [3.05, 3.63) is 35.6 Å². The van der Waals surface area contributed by atoms with Crippen LogP contribution in [0.25, 0.3) is 0 Å². The fourth-order valence-electron chi connectivity index (χ4n) is 1.76. The monoisotopic (exact) mass is 356 g/mol. The van der Waals surface area contributed by atoms with E-state index < -0.39 is 39.4 Å². The predicted octanol–water partition coefficient (Wildman–Crippen LogP) is -0.322. The van der Waals surface area contributed by atoms with E-state index in [1.54, 1.807) is 12.1 Å². The van der Waals surface area contributed by atoms with Crippen molar-refractivity contribution in [2.45, 2.75) is 12.6 Å². The molecule has 0 bridgehead atoms. The third-order valence-corrected chi connectivity index (χ3v) is 3.77. The van der Waals surface area contributed by atoms with E-state index in [4.69, 9.17) is 5.26 Å². The molecule has 0 fully saturated rings. The molecule has 1 aromatic carbocycles. The van der Waals surface area contributed by atoms with Gasteiger partial charge in [0, 0.05) is 18.4 Å². The van der Waals surface area contributed by atoms with Crippen molar-refractivity contribution in [3.63, 3.8) is 0 Å². The van der Waals surface area contributed by atoms with Crippen LogP contribution in [0.3, 0.4) is 0 Å². The molecule has 130 valence electrons. The predicted molar refractivity (Wildman–Crippen MR) is 83.9 cm³/mol. The van der Waals surface area contributed by atoms with Crippen LogP contribution in [-0.4, -0.2) is 45.0 Å². The molecule has 1 unspecified atom stereocenters. The van der Waals surface area contributed by atoms with Gasteiger partial charge in [-0.1, -0.05) is 18.2 Å². The molecule has 0 saturated heterocycles. The van der Waals surface area contributed by atoms with Crippen molar-refractivity contribution in [2.24, 2.45) is 0 Å². The summed E-state index contributed by atoms with van der Waals surface area (Å²) in [4.78, 5) is 23.6. The van der Waals surface area contributed by atoms with E-state index in [0.29, 0.717) is 0 Å². The Morgan fingerprint density at radius 3 is 2.54 bits per heavy atom. The van der Waals surface area contributed by atoms with Crippen molar-refractivity contribution < 1.29 is 22.4 Å². The maximum Gasteiger partial charge on any atom is 0.315 e. The van der Waals surface area contributed by atoms with Gasteiger partial charge in [-0.05, 0) is 6.07 Å². The first-order chi connectivity index (χ1) is 11.2. The third kappa shape index (κ3) is 7.06. The molecule has 0 heterocycles. The Bertz CT molecular complexity index is 745. The standard InChI is InChI=1S/C14H17FN4O4S/c1-24(22,23)9-12(13(20)17-7-6-16)19-14(21)18-8-10-4-2-3-5-11(10)15/h2-5,12H,7-9H2,1H3,(H,17,20)(H2,18,19,21). The van der Waals surface area contributed by atoms with E-state index in [-0.39, 0.29) is 18.7 Å². The van der Waals surface area contributed by atoms with Crippen molar-refractivity contribution in [1.29, 1.82) is 5.26 Å². The minimum absolute atomic E-state index is 0.135. The summed E-state index contributed by atoms with van der Waals surface area (Å²) in [6.07, 6.45) is 0.913. The molecule has 10 heteroatoms. The Morgan fingerprint density at radius 1 is 1.29 bits per heavy atom. The van der Waals surface area contributed by atoms with Crippen LogP contribution in [-0.2, 0) is 21.2 Å². The van der Waals surface area contributed by atoms with Gasteiger partial charge in [-0.15, -0.1) is 0 Å². The Kier molecular flexibility index (Phi) is 7.13. The molecule has 0 aliphatic heterocycles. The first kappa shape index (κ1) is 19.4. The smallest absolute Gasteiger partial charge is 0.315 e. The minimum atomic E-state index is -3.56. The molecule has 8 nitrogen and oxygen atoms in total. The highest BCUT2D eigenvalue weighted by atomic mass is 32.2. The van der Waals surface area contributed by atoms with Crippen molar-refractivity contribution in [2.75, 3.05) is 18.6 Å². The van der Waals surface area contributed by atoms with Crippen LogP contribution in [0.15, 0.2) is 24.3 Å². The van der Waals surface area contributed by atoms with Gasteiger partial charge in [-0.25, -0.2) is 17.6 Å². The van der Waals surface area contributed by atoms with E-state index in [1.165, 1.54) is 18.2 Å². The molecule has 0 aliphatic carbocycles. The average molecular weight is 356 g/mol. The first-order valence-electron chi connectivity index (χ1n) is 6.83. The van der Waals surface area contributed by atoms with E-state index in [0.717, 1.165) is 6.26 Å². The number of hydrogen-bond donors (Lipinski definition) is 3. The molecule has 0 saturated carbocycles. The SMILES string of the molecule is CS(=O)(=O)CC(NC(=O)NCc1ccccc1F)C(=O)NCC#N. The number of hydrogen-bond acceptors (Lipinski definition) is 5. The molecule has 0 aliphatic rings. The third-order valence-electron chi connectivity index (χ3n) is 2.83. The molecule has 1 aromatic rings. The molecule has 0 spiro atoms. The van der Waals surface area contributed by atoms with Crippen LogP contribution in [0.4, 0.5) is 9.18 Å². The van der Waals surface area contributed by atoms with Gasteiger partial charge in [0.2, 0.25) is 5.91 Å². The number of amides is 3. The largest absolute Gasteiger partial charge is 0.341 e. The highest BCUT2D eigenvalue weighted by molar-refractivity contribution is 7.90. The number of rotatable bonds is 7. The number of urea groups is 1. The second kappa shape index (κ2) is 8.83. The van der Waals surface area contributed by atoms with Gasteiger partial charge < -0.3 is 16.0 Å². The molecule has 24 heavy (non-hydrogen) atoms. The summed E-state index contributed by atoms with van der Waals surface area (Å²) in [7, 11) is -3.56. The van der Waals surface area contributed by atoms with Gasteiger partial charge >= 0.3 is 6.03 Å². The zero-order valence-corrected chi connectivity index (χ0v) is 13.7. The summed E-state index contributed by atoms with van der Waals surface area (Å²) in [6, 6.07) is 5.28. The van der Waals surface area contributed by atoms with E-state index in [9.17, 15) is 22.4 Å². The Morgan fingerprint density at radius 2 is 1.96 bits per heavy atom. The minimum Gasteiger partial charge on any atom is -0.341 e. The van der Waals surface area contributed by atoms with Crippen molar-refractivity contribution >= 4 is 21.8 Å². The summed E-state index contributed by atoms with van der Waals surface area (Å²) in [5.41, 5.74) is 0.237. The lowest BCUT2D eigenvalue weighted by Crippen LogP contribution is -2.52. The van der Waals surface area contributed by atoms with Gasteiger partial charge in [0.25, 0.3) is 0 Å². The summed E-state index contributed by atoms with van der Waals surface area (Å²) in [5.74, 6) is -1.93. The zero-order chi connectivity index (χ0) is 18.2. The molecular formula is C14H17FN4O4S. The highest BCUT2D eigenvalue weighted by Gasteiger charge is 2.24. The van der Waals surface area contributed by atoms with Crippen molar-refractivity contribution in [1.82, 2.24) is 16.0 Å². The van der Waals surface area contributed by atoms with Gasteiger partial charge in [0.1, 0.15) is 28.2 Å². The number of nitrogens with zero attached hydrogens (tertiary/aromatic N) is 1. The normalized spacial score (nSPS) is 11.9. The number of sulfone groups is 1. The summed E-state index contributed by atoms with van der Waals surface area (Å²) in [5, 5.41) is 15.1. The highest BCUT2D eigenvalue weighted by Crippen LogP contribution is 2.05. The molecule has 0 aromatic heterocycles. The van der Waals surface area contributed by atoms with Crippen LogP contribution in [0, 0.1) is 17.1 Å². The second-order valence-corrected chi connectivity index (χ2v) is 7.12. The van der Waals surface area contributed by atoms with Crippen molar-refractivity contribution in [3.8, 4) is 6.07 Å². The van der Waals surface area contributed by atoms with Crippen LogP contribution in [0.2, 0.25) is 0 Å². The molecule has 1 atom stereocenters. The Labute approximate surface area is 139 Å². The van der Waals surface area contributed by atoms with Gasteiger partial charge in [0.15, 0.2) is 0 Å². The molecule has 3 N–H and O–H groups in total. The quantitative estimate of drug-likeness (QED) is 0.577. The number of benzene rings is 1. The lowest BCUT2D eigenvalue weighted by atomic mass is 10.2. The first-order valence-corrected chi connectivity index (χ1v) is 8.89. The summed E-state index contributed by atoms with van der Waals surface area (Å²) in [6.45, 7) is -0.457. The number of carbonyl (C=O) groups excluding carboxylic acids is 2. The summed E-state index contributed by atoms with van der Waals surface area (Å²) >= 11 is 0. The van der Waals surface area contributed by atoms with E-state index >= 15 is 0 Å². The van der Waals surface area contributed by atoms with Crippen LogP contribution < -0.4 is 16.0 Å². The fraction of sp³-hybridized carbons (Fsp3) is 0.357. The lowest BCUT2D eigenvalue weighted by Gasteiger charge is -2.17.